The van der Waals surface area contributed by atoms with Crippen molar-refractivity contribution in [1.29, 1.82) is 0 Å². The Labute approximate surface area is 185 Å². The topological polar surface area (TPSA) is 90.4 Å². The maximum atomic E-state index is 12.9. The Balaban J connectivity index is 1.48. The second-order valence-electron chi connectivity index (χ2n) is 6.95. The maximum absolute atomic E-state index is 12.9. The minimum atomic E-state index is -0.603. The van der Waals surface area contributed by atoms with Gasteiger partial charge in [0.25, 0.3) is 5.91 Å². The number of rotatable bonds is 7. The van der Waals surface area contributed by atoms with Gasteiger partial charge < -0.3 is 14.8 Å². The van der Waals surface area contributed by atoms with Crippen LogP contribution in [0.3, 0.4) is 0 Å². The van der Waals surface area contributed by atoms with Gasteiger partial charge in [-0.15, -0.1) is 0 Å². The molecule has 0 spiro atoms. The highest BCUT2D eigenvalue weighted by molar-refractivity contribution is 6.05. The smallest absolute Gasteiger partial charge is 0.339 e. The van der Waals surface area contributed by atoms with Crippen LogP contribution in [0.1, 0.15) is 15.9 Å². The van der Waals surface area contributed by atoms with Gasteiger partial charge in [0.05, 0.1) is 29.6 Å². The van der Waals surface area contributed by atoms with Crippen molar-refractivity contribution in [3.8, 4) is 17.1 Å². The van der Waals surface area contributed by atoms with Crippen molar-refractivity contribution in [1.82, 2.24) is 15.3 Å². The minimum absolute atomic E-state index is 0.266. The first kappa shape index (κ1) is 21.0. The lowest BCUT2D eigenvalue weighted by atomic mass is 10.1. The number of aromatic nitrogens is 2. The third kappa shape index (κ3) is 4.73. The standard InChI is InChI=1S/C25H21N3O4/c1-31-23-12-5-2-8-17(23)15-27-24(29)16-32-25(30)19-14-22(21-11-6-7-13-26-21)28-20-10-4-3-9-18(19)20/h2-14H,15-16H2,1H3,(H,27,29). The molecule has 7 heteroatoms. The van der Waals surface area contributed by atoms with Crippen LogP contribution in [0.15, 0.2) is 79.0 Å². The van der Waals surface area contributed by atoms with Gasteiger partial charge in [0.2, 0.25) is 0 Å². The molecule has 0 aliphatic rings. The number of hydrogen-bond acceptors (Lipinski definition) is 6. The van der Waals surface area contributed by atoms with Crippen LogP contribution in [0.2, 0.25) is 0 Å². The lowest BCUT2D eigenvalue weighted by Gasteiger charge is -2.11. The first-order valence-corrected chi connectivity index (χ1v) is 10.0. The molecule has 4 rings (SSSR count). The Kier molecular flexibility index (Phi) is 6.36. The van der Waals surface area contributed by atoms with Gasteiger partial charge >= 0.3 is 5.97 Å². The van der Waals surface area contributed by atoms with Crippen molar-refractivity contribution in [3.63, 3.8) is 0 Å². The number of hydrogen-bond donors (Lipinski definition) is 1. The van der Waals surface area contributed by atoms with E-state index in [4.69, 9.17) is 9.47 Å². The van der Waals surface area contributed by atoms with Crippen LogP contribution in [0.5, 0.6) is 5.75 Å². The zero-order valence-corrected chi connectivity index (χ0v) is 17.4. The summed E-state index contributed by atoms with van der Waals surface area (Å²) in [5.74, 6) is -0.337. The number of amides is 1. The van der Waals surface area contributed by atoms with Crippen molar-refractivity contribution < 1.29 is 19.1 Å². The zero-order chi connectivity index (χ0) is 22.3. The van der Waals surface area contributed by atoms with E-state index in [1.54, 1.807) is 25.4 Å². The summed E-state index contributed by atoms with van der Waals surface area (Å²) in [5.41, 5.74) is 2.99. The van der Waals surface area contributed by atoms with Crippen LogP contribution in [-0.2, 0) is 16.1 Å². The van der Waals surface area contributed by atoms with E-state index < -0.39 is 18.5 Å². The SMILES string of the molecule is COc1ccccc1CNC(=O)COC(=O)c1cc(-c2ccccn2)nc2ccccc12. The fraction of sp³-hybridized carbons (Fsp3) is 0.120. The minimum Gasteiger partial charge on any atom is -0.496 e. The molecule has 32 heavy (non-hydrogen) atoms. The van der Waals surface area contributed by atoms with Crippen LogP contribution >= 0.6 is 0 Å². The Morgan fingerprint density at radius 1 is 0.938 bits per heavy atom. The number of methoxy groups -OCH3 is 1. The van der Waals surface area contributed by atoms with Crippen molar-refractivity contribution in [2.75, 3.05) is 13.7 Å². The van der Waals surface area contributed by atoms with Crippen molar-refractivity contribution in [2.45, 2.75) is 6.54 Å². The molecule has 7 nitrogen and oxygen atoms in total. The van der Waals surface area contributed by atoms with Gasteiger partial charge in [-0.2, -0.15) is 0 Å². The molecular weight excluding hydrogens is 406 g/mol. The van der Waals surface area contributed by atoms with Crippen molar-refractivity contribution in [2.24, 2.45) is 0 Å². The second-order valence-corrected chi connectivity index (χ2v) is 6.95. The third-order valence-corrected chi connectivity index (χ3v) is 4.87. The van der Waals surface area contributed by atoms with E-state index in [1.807, 2.05) is 60.7 Å². The highest BCUT2D eigenvalue weighted by Gasteiger charge is 2.17. The van der Waals surface area contributed by atoms with E-state index in [0.29, 0.717) is 33.6 Å². The largest absolute Gasteiger partial charge is 0.496 e. The van der Waals surface area contributed by atoms with Gasteiger partial charge in [-0.05, 0) is 30.3 Å². The summed E-state index contributed by atoms with van der Waals surface area (Å²) >= 11 is 0. The molecule has 0 atom stereocenters. The summed E-state index contributed by atoms with van der Waals surface area (Å²) in [6.45, 7) is -0.133. The number of ether oxygens (including phenoxy) is 2. The predicted octanol–water partition coefficient (Wildman–Crippen LogP) is 3.78. The van der Waals surface area contributed by atoms with Crippen LogP contribution in [0.25, 0.3) is 22.3 Å². The van der Waals surface area contributed by atoms with Crippen LogP contribution < -0.4 is 10.1 Å². The number of pyridine rings is 2. The number of nitrogens with zero attached hydrogens (tertiary/aromatic N) is 2. The Morgan fingerprint density at radius 2 is 1.72 bits per heavy atom. The number of nitrogens with one attached hydrogen (secondary N) is 1. The summed E-state index contributed by atoms with van der Waals surface area (Å²) in [5, 5.41) is 3.38. The molecule has 160 valence electrons. The molecule has 0 saturated heterocycles. The molecule has 4 aromatic rings. The molecule has 0 aliphatic heterocycles. The van der Waals surface area contributed by atoms with E-state index in [0.717, 1.165) is 5.56 Å². The summed E-state index contributed by atoms with van der Waals surface area (Å²) in [7, 11) is 1.57. The zero-order valence-electron chi connectivity index (χ0n) is 17.4. The van der Waals surface area contributed by atoms with Crippen molar-refractivity contribution >= 4 is 22.8 Å². The van der Waals surface area contributed by atoms with E-state index >= 15 is 0 Å². The maximum Gasteiger partial charge on any atom is 0.339 e. The molecule has 1 N–H and O–H groups in total. The summed E-state index contributed by atoms with van der Waals surface area (Å²) in [4.78, 5) is 34.0. The molecule has 1 amide bonds. The molecule has 2 heterocycles. The van der Waals surface area contributed by atoms with Crippen LogP contribution in [-0.4, -0.2) is 35.6 Å². The average Bonchev–Trinajstić information content (AvgIpc) is 2.86. The lowest BCUT2D eigenvalue weighted by molar-refractivity contribution is -0.124. The average molecular weight is 427 g/mol. The van der Waals surface area contributed by atoms with E-state index in [-0.39, 0.29) is 6.54 Å². The number of esters is 1. The van der Waals surface area contributed by atoms with Gasteiger partial charge in [0, 0.05) is 23.7 Å². The lowest BCUT2D eigenvalue weighted by Crippen LogP contribution is -2.28. The first-order valence-electron chi connectivity index (χ1n) is 10.0. The quantitative estimate of drug-likeness (QED) is 0.452. The molecule has 0 bridgehead atoms. The molecule has 0 fully saturated rings. The van der Waals surface area contributed by atoms with Crippen molar-refractivity contribution in [3.05, 3.63) is 90.1 Å². The molecule has 0 saturated carbocycles. The third-order valence-electron chi connectivity index (χ3n) is 4.87. The number of carbonyl (C=O) groups is 2. The highest BCUT2D eigenvalue weighted by Crippen LogP contribution is 2.24. The van der Waals surface area contributed by atoms with Gasteiger partial charge in [0.1, 0.15) is 5.75 Å². The molecular formula is C25H21N3O4. The summed E-state index contributed by atoms with van der Waals surface area (Å²) < 4.78 is 10.6. The normalized spacial score (nSPS) is 10.5. The van der Waals surface area contributed by atoms with E-state index in [1.165, 1.54) is 0 Å². The number of para-hydroxylation sites is 2. The van der Waals surface area contributed by atoms with Gasteiger partial charge in [-0.3, -0.25) is 9.78 Å². The summed E-state index contributed by atoms with van der Waals surface area (Å²) in [6.07, 6.45) is 1.66. The van der Waals surface area contributed by atoms with Crippen LogP contribution in [0.4, 0.5) is 0 Å². The number of benzene rings is 2. The Morgan fingerprint density at radius 3 is 2.53 bits per heavy atom. The van der Waals surface area contributed by atoms with Gasteiger partial charge in [-0.25, -0.2) is 9.78 Å². The van der Waals surface area contributed by atoms with Gasteiger partial charge in [-0.1, -0.05) is 42.5 Å². The Hall–Kier alpha value is -4.26. The monoisotopic (exact) mass is 427 g/mol. The number of fused-ring (bicyclic) bond motifs is 1. The molecule has 2 aromatic carbocycles. The molecule has 0 radical (unpaired) electrons. The Bertz CT molecular complexity index is 1260. The first-order chi connectivity index (χ1) is 15.7. The second kappa shape index (κ2) is 9.70. The molecule has 2 aromatic heterocycles. The fourth-order valence-corrected chi connectivity index (χ4v) is 3.29. The predicted molar refractivity (Wildman–Crippen MR) is 120 cm³/mol. The fourth-order valence-electron chi connectivity index (χ4n) is 3.29. The molecule has 0 aliphatic carbocycles. The van der Waals surface area contributed by atoms with Gasteiger partial charge in [0.15, 0.2) is 6.61 Å². The number of carbonyl (C=O) groups excluding carboxylic acids is 2. The van der Waals surface area contributed by atoms with Crippen LogP contribution in [0, 0.1) is 0 Å². The van der Waals surface area contributed by atoms with E-state index in [9.17, 15) is 9.59 Å². The summed E-state index contributed by atoms with van der Waals surface area (Å²) in [6, 6.07) is 21.8. The molecule has 0 unspecified atom stereocenters. The van der Waals surface area contributed by atoms with E-state index in [2.05, 4.69) is 15.3 Å². The highest BCUT2D eigenvalue weighted by atomic mass is 16.5.